The zero-order valence-corrected chi connectivity index (χ0v) is 14.5. The lowest BCUT2D eigenvalue weighted by molar-refractivity contribution is -0.384. The minimum absolute atomic E-state index is 0.0402. The van der Waals surface area contributed by atoms with Crippen LogP contribution >= 0.6 is 11.8 Å². The van der Waals surface area contributed by atoms with Gasteiger partial charge >= 0.3 is 0 Å². The molecule has 132 valence electrons. The molecule has 0 atom stereocenters. The maximum atomic E-state index is 12.1. The van der Waals surface area contributed by atoms with Crippen molar-refractivity contribution in [1.82, 2.24) is 10.2 Å². The van der Waals surface area contributed by atoms with Crippen molar-refractivity contribution in [1.29, 1.82) is 0 Å². The molecule has 0 saturated carbocycles. The first kappa shape index (κ1) is 17.6. The molecule has 9 heteroatoms. The van der Waals surface area contributed by atoms with E-state index in [1.54, 1.807) is 13.0 Å². The van der Waals surface area contributed by atoms with Gasteiger partial charge in [0.1, 0.15) is 0 Å². The first-order valence-electron chi connectivity index (χ1n) is 7.59. The Morgan fingerprint density at radius 3 is 2.73 bits per heavy atom. The van der Waals surface area contributed by atoms with Crippen molar-refractivity contribution in [2.45, 2.75) is 12.1 Å². The largest absolute Gasteiger partial charge is 0.411 e. The van der Waals surface area contributed by atoms with E-state index < -0.39 is 4.92 Å². The molecule has 1 aromatic heterocycles. The summed E-state index contributed by atoms with van der Waals surface area (Å²) < 4.78 is 5.52. The molecule has 0 bridgehead atoms. The number of non-ortho nitro benzene ring substituents is 1. The van der Waals surface area contributed by atoms with E-state index in [0.29, 0.717) is 11.6 Å². The number of carbonyl (C=O) groups excluding carboxylic acids is 1. The molecule has 8 nitrogen and oxygen atoms in total. The number of nitro benzene ring substituents is 1. The standard InChI is InChI=1S/C17H14N4O4S/c1-11-7-8-13(21(23)24)9-14(11)18-15(22)10-26-17-20-19-16(25-17)12-5-3-2-4-6-12/h2-9H,10H2,1H3,(H,18,22). The molecule has 0 unspecified atom stereocenters. The molecule has 0 aliphatic carbocycles. The van der Waals surface area contributed by atoms with E-state index in [1.807, 2.05) is 30.3 Å². The van der Waals surface area contributed by atoms with Crippen LogP contribution in [0.3, 0.4) is 0 Å². The molecule has 3 rings (SSSR count). The van der Waals surface area contributed by atoms with Gasteiger partial charge in [0.2, 0.25) is 11.8 Å². The number of anilines is 1. The Morgan fingerprint density at radius 1 is 1.23 bits per heavy atom. The number of nitrogens with one attached hydrogen (secondary N) is 1. The molecule has 1 N–H and O–H groups in total. The Hall–Kier alpha value is -3.20. The number of aryl methyl sites for hydroxylation is 1. The second kappa shape index (κ2) is 7.79. The van der Waals surface area contributed by atoms with Crippen LogP contribution in [-0.2, 0) is 4.79 Å². The van der Waals surface area contributed by atoms with E-state index in [2.05, 4.69) is 15.5 Å². The highest BCUT2D eigenvalue weighted by Crippen LogP contribution is 2.24. The number of thioether (sulfide) groups is 1. The Balaban J connectivity index is 1.61. The Morgan fingerprint density at radius 2 is 2.00 bits per heavy atom. The molecular formula is C17H14N4O4S. The van der Waals surface area contributed by atoms with Crippen molar-refractivity contribution in [3.63, 3.8) is 0 Å². The van der Waals surface area contributed by atoms with E-state index in [9.17, 15) is 14.9 Å². The van der Waals surface area contributed by atoms with Crippen LogP contribution in [0.2, 0.25) is 0 Å². The Labute approximate surface area is 152 Å². The van der Waals surface area contributed by atoms with Gasteiger partial charge in [0.15, 0.2) is 0 Å². The number of aromatic nitrogens is 2. The van der Waals surface area contributed by atoms with Crippen molar-refractivity contribution in [3.05, 3.63) is 64.2 Å². The molecule has 1 amide bonds. The predicted molar refractivity (Wildman–Crippen MR) is 96.9 cm³/mol. The molecule has 26 heavy (non-hydrogen) atoms. The van der Waals surface area contributed by atoms with E-state index in [1.165, 1.54) is 12.1 Å². The number of carbonyl (C=O) groups is 1. The smallest absolute Gasteiger partial charge is 0.277 e. The third-order valence-corrected chi connectivity index (χ3v) is 4.28. The van der Waals surface area contributed by atoms with E-state index in [-0.39, 0.29) is 22.6 Å². The maximum Gasteiger partial charge on any atom is 0.277 e. The second-order valence-corrected chi connectivity index (χ2v) is 6.26. The van der Waals surface area contributed by atoms with Gasteiger partial charge in [-0.25, -0.2) is 0 Å². The fraction of sp³-hybridized carbons (Fsp3) is 0.118. The monoisotopic (exact) mass is 370 g/mol. The molecule has 0 aliphatic rings. The van der Waals surface area contributed by atoms with E-state index >= 15 is 0 Å². The lowest BCUT2D eigenvalue weighted by Crippen LogP contribution is -2.15. The number of rotatable bonds is 6. The summed E-state index contributed by atoms with van der Waals surface area (Å²) in [4.78, 5) is 22.4. The molecule has 0 spiro atoms. The highest BCUT2D eigenvalue weighted by Gasteiger charge is 2.14. The molecule has 0 aliphatic heterocycles. The zero-order chi connectivity index (χ0) is 18.5. The molecule has 1 heterocycles. The van der Waals surface area contributed by atoms with Crippen molar-refractivity contribution >= 4 is 29.0 Å². The first-order valence-corrected chi connectivity index (χ1v) is 8.58. The first-order chi connectivity index (χ1) is 12.5. The van der Waals surface area contributed by atoms with Gasteiger partial charge < -0.3 is 9.73 Å². The Bertz CT molecular complexity index is 943. The second-order valence-electron chi connectivity index (χ2n) is 5.33. The summed E-state index contributed by atoms with van der Waals surface area (Å²) in [6.07, 6.45) is 0. The number of nitro groups is 1. The number of benzene rings is 2. The fourth-order valence-electron chi connectivity index (χ4n) is 2.14. The third-order valence-electron chi connectivity index (χ3n) is 3.46. The fourth-order valence-corrected chi connectivity index (χ4v) is 2.70. The minimum atomic E-state index is -0.507. The summed E-state index contributed by atoms with van der Waals surface area (Å²) in [5.41, 5.74) is 1.85. The van der Waals surface area contributed by atoms with Gasteiger partial charge in [0, 0.05) is 17.7 Å². The predicted octanol–water partition coefficient (Wildman–Crippen LogP) is 3.68. The number of hydrogen-bond donors (Lipinski definition) is 1. The Kier molecular flexibility index (Phi) is 5.28. The van der Waals surface area contributed by atoms with Crippen LogP contribution in [0.5, 0.6) is 0 Å². The summed E-state index contributed by atoms with van der Waals surface area (Å²) in [6, 6.07) is 13.6. The third kappa shape index (κ3) is 4.25. The zero-order valence-electron chi connectivity index (χ0n) is 13.7. The van der Waals surface area contributed by atoms with Gasteiger partial charge in [-0.3, -0.25) is 14.9 Å². The van der Waals surface area contributed by atoms with Crippen LogP contribution < -0.4 is 5.32 Å². The summed E-state index contributed by atoms with van der Waals surface area (Å²) in [5, 5.41) is 21.6. The van der Waals surface area contributed by atoms with Crippen LogP contribution in [0.25, 0.3) is 11.5 Å². The summed E-state index contributed by atoms with van der Waals surface area (Å²) in [7, 11) is 0. The van der Waals surface area contributed by atoms with Crippen LogP contribution in [0.15, 0.2) is 58.2 Å². The van der Waals surface area contributed by atoms with Gasteiger partial charge in [-0.2, -0.15) is 0 Å². The molecule has 2 aromatic carbocycles. The van der Waals surface area contributed by atoms with Gasteiger partial charge in [-0.15, -0.1) is 10.2 Å². The van der Waals surface area contributed by atoms with Crippen LogP contribution in [0, 0.1) is 17.0 Å². The normalized spacial score (nSPS) is 10.5. The average molecular weight is 370 g/mol. The van der Waals surface area contributed by atoms with Crippen molar-refractivity contribution in [3.8, 4) is 11.5 Å². The number of hydrogen-bond acceptors (Lipinski definition) is 7. The maximum absolute atomic E-state index is 12.1. The minimum Gasteiger partial charge on any atom is -0.411 e. The van der Waals surface area contributed by atoms with Crippen molar-refractivity contribution < 1.29 is 14.1 Å². The SMILES string of the molecule is Cc1ccc([N+](=O)[O-])cc1NC(=O)CSc1nnc(-c2ccccc2)o1. The summed E-state index contributed by atoms with van der Waals surface area (Å²) in [5.74, 6) is 0.0968. The van der Waals surface area contributed by atoms with Gasteiger partial charge in [0.05, 0.1) is 16.4 Å². The van der Waals surface area contributed by atoms with Gasteiger partial charge in [-0.05, 0) is 24.6 Å². The number of nitrogens with zero attached hydrogens (tertiary/aromatic N) is 3. The highest BCUT2D eigenvalue weighted by molar-refractivity contribution is 7.99. The average Bonchev–Trinajstić information content (AvgIpc) is 3.11. The molecule has 0 fully saturated rings. The molecule has 0 radical (unpaired) electrons. The molecular weight excluding hydrogens is 356 g/mol. The van der Waals surface area contributed by atoms with Crippen LogP contribution in [0.4, 0.5) is 11.4 Å². The van der Waals surface area contributed by atoms with E-state index in [4.69, 9.17) is 4.42 Å². The summed E-state index contributed by atoms with van der Waals surface area (Å²) in [6.45, 7) is 1.76. The summed E-state index contributed by atoms with van der Waals surface area (Å²) >= 11 is 1.09. The topological polar surface area (TPSA) is 111 Å². The molecule has 3 aromatic rings. The van der Waals surface area contributed by atoms with Crippen LogP contribution in [-0.4, -0.2) is 26.8 Å². The van der Waals surface area contributed by atoms with Gasteiger partial charge in [0.25, 0.3) is 10.9 Å². The highest BCUT2D eigenvalue weighted by atomic mass is 32.2. The lowest BCUT2D eigenvalue weighted by Gasteiger charge is -2.07. The van der Waals surface area contributed by atoms with Crippen molar-refractivity contribution in [2.24, 2.45) is 0 Å². The quantitative estimate of drug-likeness (QED) is 0.400. The van der Waals surface area contributed by atoms with Crippen LogP contribution in [0.1, 0.15) is 5.56 Å². The van der Waals surface area contributed by atoms with E-state index in [0.717, 1.165) is 22.9 Å². The molecule has 0 saturated heterocycles. The number of amides is 1. The van der Waals surface area contributed by atoms with Crippen molar-refractivity contribution in [2.75, 3.05) is 11.1 Å². The lowest BCUT2D eigenvalue weighted by atomic mass is 10.2. The van der Waals surface area contributed by atoms with Gasteiger partial charge in [-0.1, -0.05) is 36.0 Å².